The van der Waals surface area contributed by atoms with Crippen LogP contribution in [-0.2, 0) is 14.5 Å². The van der Waals surface area contributed by atoms with Crippen LogP contribution in [0.1, 0.15) is 13.3 Å². The van der Waals surface area contributed by atoms with Crippen LogP contribution in [0.5, 0.6) is 0 Å². The Bertz CT molecular complexity index is 58.7. The molecule has 1 aliphatic heterocycles. The van der Waals surface area contributed by atoms with Crippen LogP contribution in [0.3, 0.4) is 0 Å². The first-order valence-electron chi connectivity index (χ1n) is 2.83. The van der Waals surface area contributed by atoms with Gasteiger partial charge in [-0.15, -0.1) is 0 Å². The molecule has 0 aromatic rings. The van der Waals surface area contributed by atoms with Crippen molar-refractivity contribution in [3.63, 3.8) is 0 Å². The molecule has 48 valence electrons. The molecule has 1 unspecified atom stereocenters. The summed E-state index contributed by atoms with van der Waals surface area (Å²) < 4.78 is 5.06. The summed E-state index contributed by atoms with van der Waals surface area (Å²) in [5.74, 6) is 0. The molecular formula is C5H10O3. The molecule has 0 saturated carbocycles. The Hall–Kier alpha value is -0.120. The summed E-state index contributed by atoms with van der Waals surface area (Å²) in [5.41, 5.74) is 0. The monoisotopic (exact) mass is 118 g/mol. The lowest BCUT2D eigenvalue weighted by Gasteiger charge is -2.03. The highest BCUT2D eigenvalue weighted by molar-refractivity contribution is 4.44. The van der Waals surface area contributed by atoms with Gasteiger partial charge in [-0.25, -0.2) is 9.78 Å². The second-order valence-corrected chi connectivity index (χ2v) is 1.59. The standard InChI is InChI=1S/C5H10O3/c1-2-6-5-3-4-7-8-5/h5H,2-4H2,1H3. The predicted molar refractivity (Wildman–Crippen MR) is 27.1 cm³/mol. The first-order valence-corrected chi connectivity index (χ1v) is 2.83. The van der Waals surface area contributed by atoms with Gasteiger partial charge in [0.2, 0.25) is 0 Å². The summed E-state index contributed by atoms with van der Waals surface area (Å²) in [4.78, 5) is 9.26. The Morgan fingerprint density at radius 3 is 3.12 bits per heavy atom. The molecule has 1 rings (SSSR count). The van der Waals surface area contributed by atoms with Gasteiger partial charge in [0.15, 0.2) is 6.29 Å². The third kappa shape index (κ3) is 1.43. The van der Waals surface area contributed by atoms with E-state index in [1.807, 2.05) is 6.92 Å². The maximum Gasteiger partial charge on any atom is 0.193 e. The summed E-state index contributed by atoms with van der Waals surface area (Å²) in [6.45, 7) is 3.28. The second kappa shape index (κ2) is 3.02. The summed E-state index contributed by atoms with van der Waals surface area (Å²) in [5, 5.41) is 0. The van der Waals surface area contributed by atoms with Crippen LogP contribution in [0.25, 0.3) is 0 Å². The normalized spacial score (nSPS) is 28.9. The van der Waals surface area contributed by atoms with E-state index in [0.717, 1.165) is 6.42 Å². The Labute approximate surface area is 48.5 Å². The van der Waals surface area contributed by atoms with E-state index >= 15 is 0 Å². The third-order valence-corrected chi connectivity index (χ3v) is 0.965. The van der Waals surface area contributed by atoms with Gasteiger partial charge in [-0.2, -0.15) is 0 Å². The van der Waals surface area contributed by atoms with Gasteiger partial charge < -0.3 is 4.74 Å². The molecule has 1 fully saturated rings. The predicted octanol–water partition coefficient (Wildman–Crippen LogP) is 0.701. The summed E-state index contributed by atoms with van der Waals surface area (Å²) >= 11 is 0. The highest BCUT2D eigenvalue weighted by Gasteiger charge is 2.15. The maximum absolute atomic E-state index is 5.06. The van der Waals surface area contributed by atoms with E-state index in [1.54, 1.807) is 0 Å². The topological polar surface area (TPSA) is 27.7 Å². The summed E-state index contributed by atoms with van der Waals surface area (Å²) in [6, 6.07) is 0. The third-order valence-electron chi connectivity index (χ3n) is 0.965. The molecule has 0 aromatic carbocycles. The van der Waals surface area contributed by atoms with Crippen molar-refractivity contribution in [1.82, 2.24) is 0 Å². The molecule has 0 spiro atoms. The lowest BCUT2D eigenvalue weighted by atomic mass is 10.5. The largest absolute Gasteiger partial charge is 0.350 e. The SMILES string of the molecule is CCOC1CCOO1. The zero-order chi connectivity index (χ0) is 5.82. The Morgan fingerprint density at radius 1 is 1.75 bits per heavy atom. The molecule has 0 aromatic heterocycles. The Kier molecular flexibility index (Phi) is 2.27. The molecule has 8 heavy (non-hydrogen) atoms. The van der Waals surface area contributed by atoms with Gasteiger partial charge in [0, 0.05) is 13.0 Å². The minimum atomic E-state index is -0.111. The van der Waals surface area contributed by atoms with Crippen LogP contribution in [0.4, 0.5) is 0 Å². The highest BCUT2D eigenvalue weighted by Crippen LogP contribution is 2.08. The Morgan fingerprint density at radius 2 is 2.62 bits per heavy atom. The van der Waals surface area contributed by atoms with Crippen LogP contribution >= 0.6 is 0 Å². The van der Waals surface area contributed by atoms with E-state index in [9.17, 15) is 0 Å². The van der Waals surface area contributed by atoms with Gasteiger partial charge in [-0.05, 0) is 6.92 Å². The summed E-state index contributed by atoms with van der Waals surface area (Å²) in [6.07, 6.45) is 0.744. The van der Waals surface area contributed by atoms with Crippen molar-refractivity contribution in [2.24, 2.45) is 0 Å². The van der Waals surface area contributed by atoms with Gasteiger partial charge in [0.05, 0.1) is 6.61 Å². The van der Waals surface area contributed by atoms with Gasteiger partial charge >= 0.3 is 0 Å². The molecule has 1 aliphatic rings. The average molecular weight is 118 g/mol. The fourth-order valence-electron chi connectivity index (χ4n) is 0.613. The van der Waals surface area contributed by atoms with E-state index in [0.29, 0.717) is 13.2 Å². The van der Waals surface area contributed by atoms with Crippen molar-refractivity contribution in [2.45, 2.75) is 19.6 Å². The maximum atomic E-state index is 5.06. The molecule has 1 heterocycles. The fourth-order valence-corrected chi connectivity index (χ4v) is 0.613. The first-order chi connectivity index (χ1) is 3.93. The molecule has 0 N–H and O–H groups in total. The molecule has 0 bridgehead atoms. The molecular weight excluding hydrogens is 108 g/mol. The van der Waals surface area contributed by atoms with Crippen molar-refractivity contribution in [1.29, 1.82) is 0 Å². The van der Waals surface area contributed by atoms with Crippen LogP contribution in [0.15, 0.2) is 0 Å². The van der Waals surface area contributed by atoms with E-state index in [4.69, 9.17) is 4.74 Å². The van der Waals surface area contributed by atoms with Crippen molar-refractivity contribution < 1.29 is 14.5 Å². The molecule has 1 atom stereocenters. The van der Waals surface area contributed by atoms with Crippen LogP contribution in [0.2, 0.25) is 0 Å². The van der Waals surface area contributed by atoms with E-state index in [-0.39, 0.29) is 6.29 Å². The zero-order valence-electron chi connectivity index (χ0n) is 4.92. The smallest absolute Gasteiger partial charge is 0.193 e. The number of hydrogen-bond acceptors (Lipinski definition) is 3. The van der Waals surface area contributed by atoms with Gasteiger partial charge in [0.25, 0.3) is 0 Å². The fraction of sp³-hybridized carbons (Fsp3) is 1.00. The first kappa shape index (κ1) is 6.01. The van der Waals surface area contributed by atoms with E-state index in [2.05, 4.69) is 9.78 Å². The Balaban J connectivity index is 2.06. The zero-order valence-corrected chi connectivity index (χ0v) is 4.92. The van der Waals surface area contributed by atoms with Gasteiger partial charge in [-0.3, -0.25) is 0 Å². The molecule has 0 aliphatic carbocycles. The van der Waals surface area contributed by atoms with Crippen molar-refractivity contribution in [3.05, 3.63) is 0 Å². The molecule has 1 saturated heterocycles. The molecule has 3 heteroatoms. The van der Waals surface area contributed by atoms with E-state index in [1.165, 1.54) is 0 Å². The van der Waals surface area contributed by atoms with Gasteiger partial charge in [-0.1, -0.05) is 0 Å². The van der Waals surface area contributed by atoms with Crippen molar-refractivity contribution >= 4 is 0 Å². The molecule has 0 amide bonds. The van der Waals surface area contributed by atoms with Crippen LogP contribution in [0, 0.1) is 0 Å². The van der Waals surface area contributed by atoms with Crippen molar-refractivity contribution in [2.75, 3.05) is 13.2 Å². The van der Waals surface area contributed by atoms with Crippen LogP contribution < -0.4 is 0 Å². The van der Waals surface area contributed by atoms with Gasteiger partial charge in [0.1, 0.15) is 0 Å². The lowest BCUT2D eigenvalue weighted by molar-refractivity contribution is -0.326. The summed E-state index contributed by atoms with van der Waals surface area (Å²) in [7, 11) is 0. The highest BCUT2D eigenvalue weighted by atomic mass is 17.2. The lowest BCUT2D eigenvalue weighted by Crippen LogP contribution is -2.09. The number of rotatable bonds is 2. The quantitative estimate of drug-likeness (QED) is 0.499. The number of hydrogen-bond donors (Lipinski definition) is 0. The minimum Gasteiger partial charge on any atom is -0.350 e. The minimum absolute atomic E-state index is 0.111. The van der Waals surface area contributed by atoms with Crippen LogP contribution in [-0.4, -0.2) is 19.5 Å². The molecule has 0 radical (unpaired) electrons. The van der Waals surface area contributed by atoms with E-state index < -0.39 is 0 Å². The second-order valence-electron chi connectivity index (χ2n) is 1.59. The molecule has 3 nitrogen and oxygen atoms in total. The average Bonchev–Trinajstić information content (AvgIpc) is 2.19. The van der Waals surface area contributed by atoms with Crippen molar-refractivity contribution in [3.8, 4) is 0 Å². The number of ether oxygens (including phenoxy) is 1.